The van der Waals surface area contributed by atoms with E-state index >= 15 is 0 Å². The molecule has 8 heteroatoms. The van der Waals surface area contributed by atoms with Crippen LogP contribution in [0.4, 0.5) is 4.79 Å². The van der Waals surface area contributed by atoms with E-state index in [-0.39, 0.29) is 24.7 Å². The van der Waals surface area contributed by atoms with Crippen molar-refractivity contribution in [1.82, 2.24) is 25.7 Å². The molecule has 2 heterocycles. The molecule has 0 radical (unpaired) electrons. The average molecular weight is 341 g/mol. The minimum Gasteiger partial charge on any atom is -0.340 e. The fourth-order valence-electron chi connectivity index (χ4n) is 2.66. The van der Waals surface area contributed by atoms with Crippen molar-refractivity contribution in [1.29, 1.82) is 0 Å². The van der Waals surface area contributed by atoms with E-state index in [2.05, 4.69) is 20.8 Å². The van der Waals surface area contributed by atoms with E-state index in [1.807, 2.05) is 36.4 Å². The van der Waals surface area contributed by atoms with Crippen molar-refractivity contribution in [2.24, 2.45) is 0 Å². The summed E-state index contributed by atoms with van der Waals surface area (Å²) in [5.41, 5.74) is 2.64. The lowest BCUT2D eigenvalue weighted by Gasteiger charge is -2.16. The molecule has 1 aliphatic rings. The molecule has 4 amide bonds. The molecule has 1 aromatic carbocycles. The minimum absolute atomic E-state index is 0.107. The first-order valence-corrected chi connectivity index (χ1v) is 7.98. The first-order chi connectivity index (χ1) is 12.0. The van der Waals surface area contributed by atoms with Crippen molar-refractivity contribution in [3.05, 3.63) is 42.1 Å². The van der Waals surface area contributed by atoms with E-state index in [4.69, 9.17) is 0 Å². The number of aromatic nitrogens is 2. The van der Waals surface area contributed by atoms with Gasteiger partial charge in [-0.1, -0.05) is 30.3 Å². The molecule has 3 N–H and O–H groups in total. The van der Waals surface area contributed by atoms with Gasteiger partial charge < -0.3 is 10.2 Å². The predicted octanol–water partition coefficient (Wildman–Crippen LogP) is 1.02. The summed E-state index contributed by atoms with van der Waals surface area (Å²) in [7, 11) is 1.69. The summed E-state index contributed by atoms with van der Waals surface area (Å²) in [5.74, 6) is -0.494. The van der Waals surface area contributed by atoms with Gasteiger partial charge >= 0.3 is 6.03 Å². The van der Waals surface area contributed by atoms with Crippen LogP contribution >= 0.6 is 0 Å². The third kappa shape index (κ3) is 4.03. The molecule has 0 spiro atoms. The molecule has 1 aliphatic heterocycles. The summed E-state index contributed by atoms with van der Waals surface area (Å²) in [6.45, 7) is 0.391. The number of benzene rings is 1. The van der Waals surface area contributed by atoms with Crippen LogP contribution in [0, 0.1) is 0 Å². The molecule has 1 fully saturated rings. The topological polar surface area (TPSA) is 107 Å². The van der Waals surface area contributed by atoms with Crippen molar-refractivity contribution in [3.8, 4) is 11.3 Å². The quantitative estimate of drug-likeness (QED) is 0.682. The molecule has 1 aromatic heterocycles. The number of carbonyl (C=O) groups excluding carboxylic acids is 3. The Labute approximate surface area is 144 Å². The summed E-state index contributed by atoms with van der Waals surface area (Å²) in [6, 6.07) is 10.5. The number of urea groups is 1. The third-order valence-corrected chi connectivity index (χ3v) is 4.04. The Balaban J connectivity index is 1.52. The van der Waals surface area contributed by atoms with Gasteiger partial charge in [-0.2, -0.15) is 5.10 Å². The maximum atomic E-state index is 12.2. The molecule has 0 aliphatic carbocycles. The van der Waals surface area contributed by atoms with Gasteiger partial charge in [0.05, 0.1) is 17.9 Å². The van der Waals surface area contributed by atoms with Crippen LogP contribution in [0.15, 0.2) is 36.4 Å². The van der Waals surface area contributed by atoms with Gasteiger partial charge in [-0.3, -0.25) is 20.0 Å². The molecule has 1 saturated heterocycles. The number of amides is 4. The highest BCUT2D eigenvalue weighted by Crippen LogP contribution is 2.17. The largest absolute Gasteiger partial charge is 0.340 e. The molecular formula is C17H19N5O3. The van der Waals surface area contributed by atoms with E-state index in [9.17, 15) is 14.4 Å². The van der Waals surface area contributed by atoms with Crippen molar-refractivity contribution in [3.63, 3.8) is 0 Å². The van der Waals surface area contributed by atoms with Crippen molar-refractivity contribution in [2.45, 2.75) is 25.4 Å². The molecule has 0 saturated carbocycles. The number of carbonyl (C=O) groups is 3. The molecule has 0 bridgehead atoms. The number of rotatable bonds is 6. The fourth-order valence-corrected chi connectivity index (χ4v) is 2.66. The van der Waals surface area contributed by atoms with Crippen LogP contribution in [-0.2, 0) is 16.1 Å². The minimum atomic E-state index is -0.637. The molecular weight excluding hydrogens is 322 g/mol. The second-order valence-corrected chi connectivity index (χ2v) is 5.95. The van der Waals surface area contributed by atoms with Gasteiger partial charge in [-0.15, -0.1) is 0 Å². The zero-order valence-electron chi connectivity index (χ0n) is 13.8. The number of aromatic amines is 1. The molecule has 130 valence electrons. The van der Waals surface area contributed by atoms with Crippen LogP contribution in [0.5, 0.6) is 0 Å². The number of hydrogen-bond donors (Lipinski definition) is 3. The fraction of sp³-hybridized carbons (Fsp3) is 0.294. The standard InChI is InChI=1S/C17H19N5O3/c1-22(15(23)8-7-13-16(24)19-17(25)18-13)10-12-9-14(21-20-12)11-5-3-2-4-6-11/h2-6,9,13H,7-8,10H2,1H3,(H,20,21)(H2,18,19,24,25)/t13-/m0/s1. The lowest BCUT2D eigenvalue weighted by atomic mass is 10.1. The summed E-state index contributed by atoms with van der Waals surface area (Å²) in [5, 5.41) is 11.8. The zero-order valence-corrected chi connectivity index (χ0v) is 13.8. The normalized spacial score (nSPS) is 16.4. The highest BCUT2D eigenvalue weighted by molar-refractivity contribution is 6.04. The predicted molar refractivity (Wildman–Crippen MR) is 90.2 cm³/mol. The lowest BCUT2D eigenvalue weighted by Crippen LogP contribution is -2.32. The summed E-state index contributed by atoms with van der Waals surface area (Å²) in [6.07, 6.45) is 0.452. The van der Waals surface area contributed by atoms with E-state index in [0.717, 1.165) is 17.0 Å². The van der Waals surface area contributed by atoms with E-state index < -0.39 is 12.1 Å². The smallest absolute Gasteiger partial charge is 0.322 e. The first kappa shape index (κ1) is 16.7. The lowest BCUT2D eigenvalue weighted by molar-refractivity contribution is -0.130. The van der Waals surface area contributed by atoms with Crippen LogP contribution in [-0.4, -0.2) is 46.0 Å². The summed E-state index contributed by atoms with van der Waals surface area (Å²) < 4.78 is 0. The monoisotopic (exact) mass is 341 g/mol. The Kier molecular flexibility index (Phi) is 4.78. The van der Waals surface area contributed by atoms with Crippen LogP contribution in [0.25, 0.3) is 11.3 Å². The second-order valence-electron chi connectivity index (χ2n) is 5.95. The van der Waals surface area contributed by atoms with Crippen LogP contribution in [0.1, 0.15) is 18.5 Å². The highest BCUT2D eigenvalue weighted by atomic mass is 16.2. The highest BCUT2D eigenvalue weighted by Gasteiger charge is 2.29. The number of nitrogens with zero attached hydrogens (tertiary/aromatic N) is 2. The van der Waals surface area contributed by atoms with Gasteiger partial charge in [0, 0.05) is 19.0 Å². The van der Waals surface area contributed by atoms with Crippen LogP contribution < -0.4 is 10.6 Å². The van der Waals surface area contributed by atoms with Gasteiger partial charge in [-0.05, 0) is 12.5 Å². The van der Waals surface area contributed by atoms with Crippen LogP contribution in [0.3, 0.4) is 0 Å². The molecule has 3 rings (SSSR count). The molecule has 0 unspecified atom stereocenters. The Morgan fingerprint density at radius 2 is 2.00 bits per heavy atom. The molecule has 8 nitrogen and oxygen atoms in total. The van der Waals surface area contributed by atoms with Gasteiger partial charge in [-0.25, -0.2) is 4.79 Å². The van der Waals surface area contributed by atoms with Crippen LogP contribution in [0.2, 0.25) is 0 Å². The SMILES string of the molecule is CN(Cc1cc(-c2ccccc2)n[nH]1)C(=O)CC[C@@H]1NC(=O)NC1=O. The van der Waals surface area contributed by atoms with Crippen molar-refractivity contribution >= 4 is 17.8 Å². The summed E-state index contributed by atoms with van der Waals surface area (Å²) >= 11 is 0. The third-order valence-electron chi connectivity index (χ3n) is 4.04. The number of nitrogens with one attached hydrogen (secondary N) is 3. The Bertz CT molecular complexity index is 787. The van der Waals surface area contributed by atoms with E-state index in [1.165, 1.54) is 0 Å². The Morgan fingerprint density at radius 3 is 2.68 bits per heavy atom. The molecule has 2 aromatic rings. The maximum absolute atomic E-state index is 12.2. The van der Waals surface area contributed by atoms with E-state index in [1.54, 1.807) is 11.9 Å². The molecule has 1 atom stereocenters. The van der Waals surface area contributed by atoms with Gasteiger partial charge in [0.15, 0.2) is 0 Å². The Morgan fingerprint density at radius 1 is 1.24 bits per heavy atom. The Hall–Kier alpha value is -3.16. The van der Waals surface area contributed by atoms with Gasteiger partial charge in [0.25, 0.3) is 5.91 Å². The zero-order chi connectivity index (χ0) is 17.8. The average Bonchev–Trinajstić information content (AvgIpc) is 3.19. The second kappa shape index (κ2) is 7.16. The van der Waals surface area contributed by atoms with Gasteiger partial charge in [0.2, 0.25) is 5.91 Å². The number of hydrogen-bond acceptors (Lipinski definition) is 4. The number of H-pyrrole nitrogens is 1. The number of imide groups is 1. The maximum Gasteiger partial charge on any atom is 0.322 e. The van der Waals surface area contributed by atoms with E-state index in [0.29, 0.717) is 6.54 Å². The molecule has 25 heavy (non-hydrogen) atoms. The summed E-state index contributed by atoms with van der Waals surface area (Å²) in [4.78, 5) is 36.3. The van der Waals surface area contributed by atoms with Crippen molar-refractivity contribution in [2.75, 3.05) is 7.05 Å². The van der Waals surface area contributed by atoms with Gasteiger partial charge in [0.1, 0.15) is 6.04 Å². The first-order valence-electron chi connectivity index (χ1n) is 7.98. The van der Waals surface area contributed by atoms with Crippen molar-refractivity contribution < 1.29 is 14.4 Å².